The van der Waals surface area contributed by atoms with Crippen LogP contribution in [0.5, 0.6) is 0 Å². The second-order valence-electron chi connectivity index (χ2n) is 2.77. The minimum atomic E-state index is -1.13. The first-order valence-electron chi connectivity index (χ1n) is 4.26. The van der Waals surface area contributed by atoms with Crippen molar-refractivity contribution in [2.75, 3.05) is 13.2 Å². The molecule has 1 rings (SSSR count). The van der Waals surface area contributed by atoms with Gasteiger partial charge in [-0.05, 0) is 12.1 Å². The molecule has 0 aromatic heterocycles. The molecule has 0 heterocycles. The Labute approximate surface area is 85.5 Å². The zero-order chi connectivity index (χ0) is 11.3. The van der Waals surface area contributed by atoms with E-state index < -0.39 is 17.7 Å². The summed E-state index contributed by atoms with van der Waals surface area (Å²) in [6.45, 7) is -0.337. The van der Waals surface area contributed by atoms with Crippen molar-refractivity contribution in [3.63, 3.8) is 0 Å². The Hall–Kier alpha value is -1.51. The maximum absolute atomic E-state index is 13.2. The lowest BCUT2D eigenvalue weighted by molar-refractivity contribution is 0.0563. The van der Waals surface area contributed by atoms with E-state index in [1.54, 1.807) is 6.07 Å². The van der Waals surface area contributed by atoms with Gasteiger partial charge in [0.15, 0.2) is 6.10 Å². The molecule has 5 heteroatoms. The lowest BCUT2D eigenvalue weighted by atomic mass is 10.1. The number of nitrogens with zero attached hydrogens (tertiary/aromatic N) is 1. The molecule has 1 aromatic rings. The summed E-state index contributed by atoms with van der Waals surface area (Å²) >= 11 is 0. The summed E-state index contributed by atoms with van der Waals surface area (Å²) in [7, 11) is 0. The molecule has 0 aliphatic rings. The van der Waals surface area contributed by atoms with E-state index >= 15 is 0 Å². The van der Waals surface area contributed by atoms with Gasteiger partial charge < -0.3 is 9.84 Å². The Balaban J connectivity index is 2.88. The van der Waals surface area contributed by atoms with Crippen molar-refractivity contribution < 1.29 is 18.6 Å². The fourth-order valence-electron chi connectivity index (χ4n) is 1.08. The molecule has 3 nitrogen and oxygen atoms in total. The zero-order valence-corrected chi connectivity index (χ0v) is 7.78. The van der Waals surface area contributed by atoms with Gasteiger partial charge in [0.25, 0.3) is 0 Å². The number of halogens is 2. The molecule has 1 atom stereocenters. The van der Waals surface area contributed by atoms with Crippen molar-refractivity contribution >= 4 is 0 Å². The average Bonchev–Trinajstić information content (AvgIpc) is 2.21. The summed E-state index contributed by atoms with van der Waals surface area (Å²) in [5.74, 6) is -1.55. The lowest BCUT2D eigenvalue weighted by Crippen LogP contribution is -2.08. The molecule has 0 saturated heterocycles. The molecule has 1 aromatic carbocycles. The van der Waals surface area contributed by atoms with E-state index in [0.29, 0.717) is 6.07 Å². The van der Waals surface area contributed by atoms with E-state index in [2.05, 4.69) is 0 Å². The number of aliphatic hydroxyl groups is 1. The van der Waals surface area contributed by atoms with E-state index in [9.17, 15) is 8.78 Å². The van der Waals surface area contributed by atoms with Gasteiger partial charge in [0.1, 0.15) is 11.6 Å². The number of aliphatic hydroxyl groups excluding tert-OH is 1. The van der Waals surface area contributed by atoms with Crippen LogP contribution in [-0.4, -0.2) is 18.3 Å². The first kappa shape index (κ1) is 11.6. The summed E-state index contributed by atoms with van der Waals surface area (Å²) in [6.07, 6.45) is -1.13. The summed E-state index contributed by atoms with van der Waals surface area (Å²) < 4.78 is 30.6. The molecule has 15 heavy (non-hydrogen) atoms. The maximum Gasteiger partial charge on any atom is 0.171 e. The number of ether oxygens (including phenoxy) is 1. The standard InChI is InChI=1S/C10H9F2NO2/c11-7-1-2-8(9(12)5-7)10(6-13)15-4-3-14/h1-2,5,10,14H,3-4H2. The third-order valence-electron chi connectivity index (χ3n) is 1.74. The predicted molar refractivity (Wildman–Crippen MR) is 47.7 cm³/mol. The van der Waals surface area contributed by atoms with Gasteiger partial charge in [-0.25, -0.2) is 8.78 Å². The normalized spacial score (nSPS) is 12.1. The largest absolute Gasteiger partial charge is 0.394 e. The first-order valence-corrected chi connectivity index (χ1v) is 4.26. The van der Waals surface area contributed by atoms with Crippen LogP contribution < -0.4 is 0 Å². The van der Waals surface area contributed by atoms with Gasteiger partial charge in [0.05, 0.1) is 19.3 Å². The predicted octanol–water partition coefficient (Wildman–Crippen LogP) is 1.54. The molecular weight excluding hydrogens is 204 g/mol. The molecule has 0 aliphatic heterocycles. The van der Waals surface area contributed by atoms with Crippen LogP contribution in [0.25, 0.3) is 0 Å². The molecule has 80 valence electrons. The fraction of sp³-hybridized carbons (Fsp3) is 0.300. The second-order valence-corrected chi connectivity index (χ2v) is 2.77. The highest BCUT2D eigenvalue weighted by molar-refractivity contribution is 5.24. The van der Waals surface area contributed by atoms with Crippen LogP contribution in [-0.2, 0) is 4.74 Å². The van der Waals surface area contributed by atoms with Crippen LogP contribution in [0.1, 0.15) is 11.7 Å². The molecule has 1 N–H and O–H groups in total. The van der Waals surface area contributed by atoms with Crippen molar-refractivity contribution in [3.05, 3.63) is 35.4 Å². The minimum absolute atomic E-state index is 0.0349. The van der Waals surface area contributed by atoms with E-state index in [1.165, 1.54) is 0 Å². The Morgan fingerprint density at radius 2 is 2.20 bits per heavy atom. The SMILES string of the molecule is N#CC(OCCO)c1ccc(F)cc1F. The quantitative estimate of drug-likeness (QED) is 0.825. The average molecular weight is 213 g/mol. The van der Waals surface area contributed by atoms with Crippen LogP contribution >= 0.6 is 0 Å². The summed E-state index contributed by atoms with van der Waals surface area (Å²) in [5.41, 5.74) is -0.0349. The molecule has 0 fully saturated rings. The van der Waals surface area contributed by atoms with Crippen LogP contribution in [0.15, 0.2) is 18.2 Å². The Bertz CT molecular complexity index is 376. The molecule has 1 unspecified atom stereocenters. The lowest BCUT2D eigenvalue weighted by Gasteiger charge is -2.10. The summed E-state index contributed by atoms with van der Waals surface area (Å²) in [6, 6.07) is 4.60. The minimum Gasteiger partial charge on any atom is -0.394 e. The molecule has 0 radical (unpaired) electrons. The van der Waals surface area contributed by atoms with Gasteiger partial charge in [-0.2, -0.15) is 5.26 Å². The molecule has 0 amide bonds. The number of nitriles is 1. The topological polar surface area (TPSA) is 53.2 Å². The molecular formula is C10H9F2NO2. The molecule has 0 saturated carbocycles. The zero-order valence-electron chi connectivity index (χ0n) is 7.78. The smallest absolute Gasteiger partial charge is 0.171 e. The summed E-state index contributed by atoms with van der Waals surface area (Å²) in [5, 5.41) is 17.2. The summed E-state index contributed by atoms with van der Waals surface area (Å²) in [4.78, 5) is 0. The van der Waals surface area contributed by atoms with Crippen LogP contribution in [0, 0.1) is 23.0 Å². The van der Waals surface area contributed by atoms with E-state index in [-0.39, 0.29) is 18.8 Å². The van der Waals surface area contributed by atoms with E-state index in [4.69, 9.17) is 15.1 Å². The van der Waals surface area contributed by atoms with Crippen molar-refractivity contribution in [3.8, 4) is 6.07 Å². The van der Waals surface area contributed by atoms with Crippen molar-refractivity contribution in [2.24, 2.45) is 0 Å². The Morgan fingerprint density at radius 3 is 2.73 bits per heavy atom. The van der Waals surface area contributed by atoms with Crippen molar-refractivity contribution in [1.29, 1.82) is 5.26 Å². The molecule has 0 spiro atoms. The van der Waals surface area contributed by atoms with Gasteiger partial charge in [0, 0.05) is 11.6 Å². The number of rotatable bonds is 4. The highest BCUT2D eigenvalue weighted by Gasteiger charge is 2.15. The third-order valence-corrected chi connectivity index (χ3v) is 1.74. The van der Waals surface area contributed by atoms with Crippen molar-refractivity contribution in [1.82, 2.24) is 0 Å². The molecule has 0 bridgehead atoms. The molecule has 0 aliphatic carbocycles. The highest BCUT2D eigenvalue weighted by Crippen LogP contribution is 2.20. The van der Waals surface area contributed by atoms with E-state index in [0.717, 1.165) is 12.1 Å². The highest BCUT2D eigenvalue weighted by atomic mass is 19.1. The van der Waals surface area contributed by atoms with Crippen LogP contribution in [0.2, 0.25) is 0 Å². The van der Waals surface area contributed by atoms with Crippen LogP contribution in [0.4, 0.5) is 8.78 Å². The van der Waals surface area contributed by atoms with Crippen LogP contribution in [0.3, 0.4) is 0 Å². The van der Waals surface area contributed by atoms with Gasteiger partial charge in [-0.15, -0.1) is 0 Å². The second kappa shape index (κ2) is 5.39. The monoisotopic (exact) mass is 213 g/mol. The first-order chi connectivity index (χ1) is 7.19. The van der Waals surface area contributed by atoms with Gasteiger partial charge in [-0.3, -0.25) is 0 Å². The van der Waals surface area contributed by atoms with Gasteiger partial charge in [0.2, 0.25) is 0 Å². The number of hydrogen-bond donors (Lipinski definition) is 1. The number of benzene rings is 1. The van der Waals surface area contributed by atoms with E-state index in [1.807, 2.05) is 0 Å². The van der Waals surface area contributed by atoms with Gasteiger partial charge in [-0.1, -0.05) is 0 Å². The maximum atomic E-state index is 13.2. The van der Waals surface area contributed by atoms with Gasteiger partial charge >= 0.3 is 0 Å². The Morgan fingerprint density at radius 1 is 1.47 bits per heavy atom. The third kappa shape index (κ3) is 2.98. The van der Waals surface area contributed by atoms with Crippen molar-refractivity contribution in [2.45, 2.75) is 6.10 Å². The number of hydrogen-bond acceptors (Lipinski definition) is 3. The fourth-order valence-corrected chi connectivity index (χ4v) is 1.08. The Kier molecular flexibility index (Phi) is 4.16.